The summed E-state index contributed by atoms with van der Waals surface area (Å²) in [5, 5.41) is 0. The lowest BCUT2D eigenvalue weighted by atomic mass is 9.77. The molecule has 2 N–H and O–H groups in total. The lowest BCUT2D eigenvalue weighted by Crippen LogP contribution is -2.56. The van der Waals surface area contributed by atoms with Crippen molar-refractivity contribution in [1.82, 2.24) is 9.97 Å². The first-order valence-electron chi connectivity index (χ1n) is 8.65. The molecule has 1 aromatic carbocycles. The van der Waals surface area contributed by atoms with Gasteiger partial charge in [-0.05, 0) is 26.8 Å². The Morgan fingerprint density at radius 2 is 1.69 bits per heavy atom. The van der Waals surface area contributed by atoms with Crippen LogP contribution in [0.4, 0.5) is 17.6 Å². The van der Waals surface area contributed by atoms with Gasteiger partial charge < -0.3 is 15.2 Å². The number of nitrogens with two attached hydrogens (primary N) is 1. The Balaban J connectivity index is 2.24. The van der Waals surface area contributed by atoms with Crippen molar-refractivity contribution in [1.29, 1.82) is 0 Å². The maximum atomic E-state index is 15.5. The van der Waals surface area contributed by atoms with Crippen LogP contribution in [0.15, 0.2) is 29.5 Å². The van der Waals surface area contributed by atoms with Gasteiger partial charge in [0.2, 0.25) is 0 Å². The molecule has 1 aliphatic rings. The third-order valence-corrected chi connectivity index (χ3v) is 5.02. The van der Waals surface area contributed by atoms with E-state index in [1.54, 1.807) is 0 Å². The topological polar surface area (TPSA) is 82.6 Å². The SMILES string of the molecule is COc1ncc(-c2cc(C3(C)N=C(N)COC(C)(C)C3(F)F)c(F)cc2F)cn1. The molecule has 0 radical (unpaired) electrons. The van der Waals surface area contributed by atoms with Crippen molar-refractivity contribution in [2.75, 3.05) is 13.7 Å². The molecule has 0 saturated carbocycles. The Kier molecular flexibility index (Phi) is 5.02. The minimum atomic E-state index is -3.69. The number of rotatable bonds is 3. The molecule has 0 fully saturated rings. The summed E-state index contributed by atoms with van der Waals surface area (Å²) in [5.74, 6) is -6.06. The Bertz CT molecular complexity index is 963. The molecule has 1 aromatic heterocycles. The molecule has 29 heavy (non-hydrogen) atoms. The summed E-state index contributed by atoms with van der Waals surface area (Å²) in [4.78, 5) is 11.6. The first kappa shape index (κ1) is 21.0. The molecule has 10 heteroatoms. The van der Waals surface area contributed by atoms with Gasteiger partial charge in [0, 0.05) is 35.2 Å². The number of amidine groups is 1. The number of aromatic nitrogens is 2. The molecule has 0 saturated heterocycles. The monoisotopic (exact) mass is 412 g/mol. The van der Waals surface area contributed by atoms with Crippen LogP contribution in [0, 0.1) is 11.6 Å². The highest BCUT2D eigenvalue weighted by molar-refractivity contribution is 5.82. The molecule has 0 aliphatic carbocycles. The van der Waals surface area contributed by atoms with Crippen LogP contribution in [0.1, 0.15) is 26.3 Å². The summed E-state index contributed by atoms with van der Waals surface area (Å²) in [6.07, 6.45) is 2.48. The van der Waals surface area contributed by atoms with Crippen molar-refractivity contribution in [2.45, 2.75) is 37.8 Å². The van der Waals surface area contributed by atoms with Gasteiger partial charge in [0.05, 0.1) is 7.11 Å². The van der Waals surface area contributed by atoms with Gasteiger partial charge in [-0.3, -0.25) is 4.99 Å². The predicted octanol–water partition coefficient (Wildman–Crippen LogP) is 3.45. The molecule has 1 unspecified atom stereocenters. The van der Waals surface area contributed by atoms with Crippen molar-refractivity contribution >= 4 is 5.84 Å². The molecule has 1 atom stereocenters. The molecule has 3 rings (SSSR count). The maximum absolute atomic E-state index is 15.5. The van der Waals surface area contributed by atoms with E-state index in [0.717, 1.165) is 13.0 Å². The number of alkyl halides is 2. The Morgan fingerprint density at radius 1 is 1.07 bits per heavy atom. The third-order valence-electron chi connectivity index (χ3n) is 5.02. The lowest BCUT2D eigenvalue weighted by molar-refractivity contribution is -0.214. The van der Waals surface area contributed by atoms with E-state index in [1.165, 1.54) is 33.4 Å². The van der Waals surface area contributed by atoms with E-state index in [-0.39, 0.29) is 29.6 Å². The van der Waals surface area contributed by atoms with Crippen LogP contribution in [0.2, 0.25) is 0 Å². The van der Waals surface area contributed by atoms with Crippen LogP contribution >= 0.6 is 0 Å². The fourth-order valence-electron chi connectivity index (χ4n) is 3.25. The second-order valence-electron chi connectivity index (χ2n) is 7.32. The number of methoxy groups -OCH3 is 1. The Hall–Kier alpha value is -2.75. The summed E-state index contributed by atoms with van der Waals surface area (Å²) in [7, 11) is 1.35. The predicted molar refractivity (Wildman–Crippen MR) is 97.9 cm³/mol. The number of hydrogen-bond donors (Lipinski definition) is 1. The minimum absolute atomic E-state index is 0.0371. The summed E-state index contributed by atoms with van der Waals surface area (Å²) in [5.41, 5.74) is 0.698. The highest BCUT2D eigenvalue weighted by Gasteiger charge is 2.64. The maximum Gasteiger partial charge on any atom is 0.316 e. The van der Waals surface area contributed by atoms with Gasteiger partial charge >= 0.3 is 11.9 Å². The second-order valence-corrected chi connectivity index (χ2v) is 7.32. The molecular weight excluding hydrogens is 392 g/mol. The molecule has 0 amide bonds. The zero-order valence-corrected chi connectivity index (χ0v) is 16.3. The lowest BCUT2D eigenvalue weighted by Gasteiger charge is -2.42. The summed E-state index contributed by atoms with van der Waals surface area (Å²) >= 11 is 0. The summed E-state index contributed by atoms with van der Waals surface area (Å²) in [6.45, 7) is 3.03. The fraction of sp³-hybridized carbons (Fsp3) is 0.421. The van der Waals surface area contributed by atoms with E-state index in [4.69, 9.17) is 15.2 Å². The first-order chi connectivity index (χ1) is 13.4. The van der Waals surface area contributed by atoms with Gasteiger partial charge in [0.1, 0.15) is 29.7 Å². The van der Waals surface area contributed by atoms with Crippen LogP contribution in [-0.4, -0.2) is 41.0 Å². The molecular formula is C19H20F4N4O2. The highest BCUT2D eigenvalue weighted by atomic mass is 19.3. The average molecular weight is 412 g/mol. The molecule has 0 bridgehead atoms. The van der Waals surface area contributed by atoms with E-state index < -0.39 is 34.3 Å². The van der Waals surface area contributed by atoms with Crippen molar-refractivity contribution in [2.24, 2.45) is 10.7 Å². The van der Waals surface area contributed by atoms with Crippen LogP contribution in [0.5, 0.6) is 6.01 Å². The zero-order chi connectivity index (χ0) is 21.6. The number of halogens is 4. The smallest absolute Gasteiger partial charge is 0.316 e. The van der Waals surface area contributed by atoms with Gasteiger partial charge in [0.25, 0.3) is 0 Å². The standard InChI is InChI=1S/C19H20F4N4O2/c1-17(2)19(22,23)18(3,27-15(24)9-29-17)12-5-11(13(20)6-14(12)21)10-7-25-16(28-4)26-8-10/h5-8H,9H2,1-4H3,(H2,24,27). The van der Waals surface area contributed by atoms with E-state index in [0.29, 0.717) is 6.07 Å². The van der Waals surface area contributed by atoms with Crippen molar-refractivity contribution in [3.63, 3.8) is 0 Å². The van der Waals surface area contributed by atoms with E-state index in [9.17, 15) is 8.78 Å². The normalized spacial score (nSPS) is 23.2. The van der Waals surface area contributed by atoms with Gasteiger partial charge in [0.15, 0.2) is 5.54 Å². The van der Waals surface area contributed by atoms with Crippen LogP contribution < -0.4 is 10.5 Å². The van der Waals surface area contributed by atoms with Crippen LogP contribution in [-0.2, 0) is 10.3 Å². The van der Waals surface area contributed by atoms with Gasteiger partial charge in [-0.1, -0.05) is 0 Å². The van der Waals surface area contributed by atoms with Crippen molar-refractivity contribution in [3.8, 4) is 17.1 Å². The number of ether oxygens (including phenoxy) is 2. The van der Waals surface area contributed by atoms with E-state index in [1.807, 2.05) is 0 Å². The largest absolute Gasteiger partial charge is 0.467 e. The quantitative estimate of drug-likeness (QED) is 0.781. The molecule has 1 aliphatic heterocycles. The molecule has 2 heterocycles. The number of hydrogen-bond acceptors (Lipinski definition) is 6. The number of nitrogens with zero attached hydrogens (tertiary/aromatic N) is 3. The van der Waals surface area contributed by atoms with Gasteiger partial charge in [-0.15, -0.1) is 0 Å². The first-order valence-corrected chi connectivity index (χ1v) is 8.65. The molecule has 156 valence electrons. The second kappa shape index (κ2) is 6.94. The fourth-order valence-corrected chi connectivity index (χ4v) is 3.25. The summed E-state index contributed by atoms with van der Waals surface area (Å²) < 4.78 is 70.3. The Morgan fingerprint density at radius 3 is 2.28 bits per heavy atom. The van der Waals surface area contributed by atoms with Crippen LogP contribution in [0.3, 0.4) is 0 Å². The number of benzene rings is 1. The van der Waals surface area contributed by atoms with Gasteiger partial charge in [-0.2, -0.15) is 0 Å². The van der Waals surface area contributed by atoms with E-state index >= 15 is 8.78 Å². The molecule has 2 aromatic rings. The highest BCUT2D eigenvalue weighted by Crippen LogP contribution is 2.51. The minimum Gasteiger partial charge on any atom is -0.467 e. The van der Waals surface area contributed by atoms with E-state index in [2.05, 4.69) is 15.0 Å². The number of aliphatic imine (C=N–C) groups is 1. The van der Waals surface area contributed by atoms with Crippen molar-refractivity contribution < 1.29 is 27.0 Å². The molecule has 0 spiro atoms. The third kappa shape index (κ3) is 3.31. The summed E-state index contributed by atoms with van der Waals surface area (Å²) in [6, 6.07) is 1.54. The van der Waals surface area contributed by atoms with Crippen LogP contribution in [0.25, 0.3) is 11.1 Å². The average Bonchev–Trinajstić information content (AvgIpc) is 2.71. The molecule has 6 nitrogen and oxygen atoms in total. The Labute approximate surface area is 164 Å². The van der Waals surface area contributed by atoms with Gasteiger partial charge in [-0.25, -0.2) is 27.5 Å². The van der Waals surface area contributed by atoms with Crippen molar-refractivity contribution in [3.05, 3.63) is 41.7 Å². The zero-order valence-electron chi connectivity index (χ0n) is 16.3.